The number of aliphatic hydroxyl groups is 1. The highest BCUT2D eigenvalue weighted by molar-refractivity contribution is 6.28. The van der Waals surface area contributed by atoms with Crippen molar-refractivity contribution in [1.29, 1.82) is 0 Å². The molecule has 102 valence electrons. The van der Waals surface area contributed by atoms with E-state index >= 15 is 0 Å². The van der Waals surface area contributed by atoms with Crippen molar-refractivity contribution in [1.82, 2.24) is 9.80 Å². The highest BCUT2D eigenvalue weighted by Gasteiger charge is 2.28. The van der Waals surface area contributed by atoms with E-state index in [1.165, 1.54) is 0 Å². The second-order valence-corrected chi connectivity index (χ2v) is 5.69. The Hall–Kier alpha value is -0.550. The summed E-state index contributed by atoms with van der Waals surface area (Å²) in [6.07, 6.45) is 0.764. The Morgan fingerprint density at radius 3 is 2.83 bits per heavy atom. The molecule has 0 saturated carbocycles. The van der Waals surface area contributed by atoms with Crippen molar-refractivity contribution < 1.29 is 9.52 Å². The minimum Gasteiger partial charge on any atom is -0.448 e. The molecule has 2 heterocycles. The Labute approximate surface area is 113 Å². The molecule has 5 heteroatoms. The summed E-state index contributed by atoms with van der Waals surface area (Å²) in [5, 5.41) is 10.6. The number of piperidine rings is 1. The maximum absolute atomic E-state index is 10.1. The predicted molar refractivity (Wildman–Crippen MR) is 71.7 cm³/mol. The molecular formula is C13H21ClN2O2. The van der Waals surface area contributed by atoms with Gasteiger partial charge in [0, 0.05) is 13.1 Å². The van der Waals surface area contributed by atoms with Gasteiger partial charge in [-0.3, -0.25) is 4.90 Å². The molecule has 1 aromatic heterocycles. The van der Waals surface area contributed by atoms with Crippen LogP contribution in [0.4, 0.5) is 0 Å². The van der Waals surface area contributed by atoms with E-state index in [0.29, 0.717) is 17.7 Å². The maximum atomic E-state index is 10.1. The van der Waals surface area contributed by atoms with E-state index in [2.05, 4.69) is 9.80 Å². The van der Waals surface area contributed by atoms with Gasteiger partial charge in [0.25, 0.3) is 0 Å². The summed E-state index contributed by atoms with van der Waals surface area (Å²) in [6, 6.07) is 3.65. The first-order chi connectivity index (χ1) is 8.54. The van der Waals surface area contributed by atoms with Crippen molar-refractivity contribution in [3.05, 3.63) is 23.1 Å². The molecule has 0 aliphatic carbocycles. The monoisotopic (exact) mass is 272 g/mol. The third-order valence-corrected chi connectivity index (χ3v) is 3.62. The molecule has 0 unspecified atom stereocenters. The zero-order chi connectivity index (χ0) is 13.1. The first kappa shape index (κ1) is 13.9. The second kappa shape index (κ2) is 6.06. The Morgan fingerprint density at radius 2 is 2.28 bits per heavy atom. The van der Waals surface area contributed by atoms with Crippen molar-refractivity contribution in [3.8, 4) is 0 Å². The first-order valence-corrected chi connectivity index (χ1v) is 6.72. The maximum Gasteiger partial charge on any atom is 0.193 e. The van der Waals surface area contributed by atoms with Gasteiger partial charge >= 0.3 is 0 Å². The number of hydrogen-bond acceptors (Lipinski definition) is 4. The molecule has 4 nitrogen and oxygen atoms in total. The number of furan rings is 1. The lowest BCUT2D eigenvalue weighted by Crippen LogP contribution is -2.46. The molecule has 1 N–H and O–H groups in total. The molecule has 0 bridgehead atoms. The van der Waals surface area contributed by atoms with Gasteiger partial charge in [-0.1, -0.05) is 0 Å². The van der Waals surface area contributed by atoms with Gasteiger partial charge in [0.05, 0.1) is 12.6 Å². The topological polar surface area (TPSA) is 39.9 Å². The van der Waals surface area contributed by atoms with Crippen LogP contribution in [0, 0.1) is 5.92 Å². The van der Waals surface area contributed by atoms with Gasteiger partial charge in [0.2, 0.25) is 0 Å². The van der Waals surface area contributed by atoms with Crippen molar-refractivity contribution >= 4 is 11.6 Å². The SMILES string of the molecule is CN(C)C[C@@H]1CCN(Cc2ccc(Cl)o2)C[C@H]1O. The van der Waals surface area contributed by atoms with Crippen molar-refractivity contribution in [2.75, 3.05) is 33.7 Å². The quantitative estimate of drug-likeness (QED) is 0.905. The van der Waals surface area contributed by atoms with Crippen LogP contribution in [0.25, 0.3) is 0 Å². The van der Waals surface area contributed by atoms with E-state index in [4.69, 9.17) is 16.0 Å². The van der Waals surface area contributed by atoms with Crippen LogP contribution in [-0.4, -0.2) is 54.7 Å². The summed E-state index contributed by atoms with van der Waals surface area (Å²) < 4.78 is 5.35. The molecule has 18 heavy (non-hydrogen) atoms. The number of rotatable bonds is 4. The normalized spacial score (nSPS) is 25.8. The minimum atomic E-state index is -0.258. The fourth-order valence-electron chi connectivity index (χ4n) is 2.53. The summed E-state index contributed by atoms with van der Waals surface area (Å²) in [5.41, 5.74) is 0. The lowest BCUT2D eigenvalue weighted by Gasteiger charge is -2.36. The largest absolute Gasteiger partial charge is 0.448 e. The van der Waals surface area contributed by atoms with Gasteiger partial charge < -0.3 is 14.4 Å². The van der Waals surface area contributed by atoms with E-state index in [1.807, 2.05) is 20.2 Å². The van der Waals surface area contributed by atoms with Crippen LogP contribution >= 0.6 is 11.6 Å². The first-order valence-electron chi connectivity index (χ1n) is 6.34. The summed E-state index contributed by atoms with van der Waals surface area (Å²) in [4.78, 5) is 4.35. The van der Waals surface area contributed by atoms with E-state index in [0.717, 1.165) is 31.8 Å². The lowest BCUT2D eigenvalue weighted by atomic mass is 9.93. The van der Waals surface area contributed by atoms with Gasteiger partial charge in [0.15, 0.2) is 5.22 Å². The molecule has 0 radical (unpaired) electrons. The summed E-state index contributed by atoms with van der Waals surface area (Å²) in [7, 11) is 4.09. The van der Waals surface area contributed by atoms with Crippen LogP contribution in [0.3, 0.4) is 0 Å². The number of nitrogens with zero attached hydrogens (tertiary/aromatic N) is 2. The standard InChI is InChI=1S/C13H21ClN2O2/c1-15(2)7-10-5-6-16(9-12(10)17)8-11-3-4-13(14)18-11/h3-4,10,12,17H,5-9H2,1-2H3/t10-,12+/m0/s1. The van der Waals surface area contributed by atoms with Gasteiger partial charge in [-0.05, 0) is 56.7 Å². The molecule has 1 aliphatic rings. The van der Waals surface area contributed by atoms with Crippen molar-refractivity contribution in [2.45, 2.75) is 19.1 Å². The van der Waals surface area contributed by atoms with Crippen LogP contribution in [0.1, 0.15) is 12.2 Å². The van der Waals surface area contributed by atoms with Crippen molar-refractivity contribution in [3.63, 3.8) is 0 Å². The average molecular weight is 273 g/mol. The number of likely N-dealkylation sites (tertiary alicyclic amines) is 1. The Bertz CT molecular complexity index is 381. The summed E-state index contributed by atoms with van der Waals surface area (Å²) >= 11 is 5.75. The molecular weight excluding hydrogens is 252 g/mol. The summed E-state index contributed by atoms with van der Waals surface area (Å²) in [5.74, 6) is 1.23. The zero-order valence-electron chi connectivity index (χ0n) is 11.0. The van der Waals surface area contributed by atoms with Crippen LogP contribution in [-0.2, 0) is 6.54 Å². The molecule has 0 amide bonds. The highest BCUT2D eigenvalue weighted by atomic mass is 35.5. The molecule has 1 aliphatic heterocycles. The lowest BCUT2D eigenvalue weighted by molar-refractivity contribution is 0.00706. The predicted octanol–water partition coefficient (Wildman–Crippen LogP) is 1.68. The Morgan fingerprint density at radius 1 is 1.50 bits per heavy atom. The number of β-amino-alcohol motifs (C(OH)–C–C–N with tert-alkyl or cyclic N) is 1. The van der Waals surface area contributed by atoms with E-state index in [9.17, 15) is 5.11 Å². The van der Waals surface area contributed by atoms with Gasteiger partial charge in [0.1, 0.15) is 5.76 Å². The summed E-state index contributed by atoms with van der Waals surface area (Å²) in [6.45, 7) is 3.37. The zero-order valence-corrected chi connectivity index (χ0v) is 11.7. The van der Waals surface area contributed by atoms with Crippen LogP contribution < -0.4 is 0 Å². The third kappa shape index (κ3) is 3.72. The van der Waals surface area contributed by atoms with E-state index < -0.39 is 0 Å². The number of hydrogen-bond donors (Lipinski definition) is 1. The van der Waals surface area contributed by atoms with Gasteiger partial charge in [-0.15, -0.1) is 0 Å². The fourth-order valence-corrected chi connectivity index (χ4v) is 2.69. The third-order valence-electron chi connectivity index (χ3n) is 3.41. The molecule has 2 rings (SSSR count). The minimum absolute atomic E-state index is 0.258. The number of halogens is 1. The highest BCUT2D eigenvalue weighted by Crippen LogP contribution is 2.21. The molecule has 0 aromatic carbocycles. The van der Waals surface area contributed by atoms with Crippen LogP contribution in [0.2, 0.25) is 5.22 Å². The van der Waals surface area contributed by atoms with E-state index in [1.54, 1.807) is 6.07 Å². The van der Waals surface area contributed by atoms with E-state index in [-0.39, 0.29) is 6.10 Å². The Balaban J connectivity index is 1.84. The van der Waals surface area contributed by atoms with Gasteiger partial charge in [-0.2, -0.15) is 0 Å². The Kier molecular flexibility index (Phi) is 4.67. The average Bonchev–Trinajstić information content (AvgIpc) is 2.68. The molecule has 0 spiro atoms. The van der Waals surface area contributed by atoms with Crippen molar-refractivity contribution in [2.24, 2.45) is 5.92 Å². The molecule has 2 atom stereocenters. The van der Waals surface area contributed by atoms with Gasteiger partial charge in [-0.25, -0.2) is 0 Å². The second-order valence-electron chi connectivity index (χ2n) is 5.32. The fraction of sp³-hybridized carbons (Fsp3) is 0.692. The number of aliphatic hydroxyl groups excluding tert-OH is 1. The molecule has 1 saturated heterocycles. The van der Waals surface area contributed by atoms with Crippen LogP contribution in [0.15, 0.2) is 16.5 Å². The smallest absolute Gasteiger partial charge is 0.193 e. The van der Waals surface area contributed by atoms with Crippen LogP contribution in [0.5, 0.6) is 0 Å². The molecule has 1 fully saturated rings. The molecule has 1 aromatic rings.